The van der Waals surface area contributed by atoms with Gasteiger partial charge >= 0.3 is 0 Å². The molecule has 0 heterocycles. The van der Waals surface area contributed by atoms with Crippen LogP contribution >= 0.6 is 34.2 Å². The van der Waals surface area contributed by atoms with Crippen LogP contribution in [0.2, 0.25) is 5.02 Å². The molecule has 0 saturated heterocycles. The highest BCUT2D eigenvalue weighted by Gasteiger charge is 2.08. The van der Waals surface area contributed by atoms with Crippen LogP contribution in [-0.2, 0) is 6.42 Å². The van der Waals surface area contributed by atoms with E-state index in [-0.39, 0.29) is 6.04 Å². The van der Waals surface area contributed by atoms with E-state index in [1.165, 1.54) is 3.57 Å². The molecule has 0 saturated carbocycles. The molecule has 2 rings (SSSR count). The topological polar surface area (TPSA) is 35.2 Å². The zero-order chi connectivity index (χ0) is 13.8. The number of nitrogens with two attached hydrogens (primary N) is 1. The summed E-state index contributed by atoms with van der Waals surface area (Å²) in [6.07, 6.45) is 0.761. The van der Waals surface area contributed by atoms with Crippen LogP contribution in [0.25, 0.3) is 0 Å². The number of hydrogen-bond acceptors (Lipinski definition) is 2. The van der Waals surface area contributed by atoms with E-state index in [1.54, 1.807) is 0 Å². The van der Waals surface area contributed by atoms with E-state index in [1.807, 2.05) is 49.4 Å². The predicted octanol–water partition coefficient (Wildman–Crippen LogP) is 4.63. The Morgan fingerprint density at radius 1 is 1.21 bits per heavy atom. The molecule has 4 heteroatoms. The van der Waals surface area contributed by atoms with Crippen molar-refractivity contribution < 1.29 is 4.74 Å². The highest BCUT2D eigenvalue weighted by molar-refractivity contribution is 14.1. The van der Waals surface area contributed by atoms with Crippen molar-refractivity contribution in [3.8, 4) is 11.5 Å². The van der Waals surface area contributed by atoms with Crippen molar-refractivity contribution in [1.29, 1.82) is 0 Å². The van der Waals surface area contributed by atoms with Gasteiger partial charge in [-0.25, -0.2) is 0 Å². The van der Waals surface area contributed by atoms with Gasteiger partial charge in [0.25, 0.3) is 0 Å². The fourth-order valence-electron chi connectivity index (χ4n) is 1.77. The number of hydrogen-bond donors (Lipinski definition) is 1. The van der Waals surface area contributed by atoms with Gasteiger partial charge in [-0.3, -0.25) is 0 Å². The van der Waals surface area contributed by atoms with E-state index in [2.05, 4.69) is 22.6 Å². The van der Waals surface area contributed by atoms with Crippen molar-refractivity contribution in [1.82, 2.24) is 0 Å². The summed E-state index contributed by atoms with van der Waals surface area (Å²) in [6.45, 7) is 1.98. The van der Waals surface area contributed by atoms with Crippen LogP contribution in [0.4, 0.5) is 0 Å². The van der Waals surface area contributed by atoms with E-state index in [4.69, 9.17) is 22.1 Å². The van der Waals surface area contributed by atoms with Crippen LogP contribution in [0.5, 0.6) is 11.5 Å². The third-order valence-electron chi connectivity index (χ3n) is 2.61. The van der Waals surface area contributed by atoms with Crippen LogP contribution in [0, 0.1) is 3.57 Å². The molecule has 0 fully saturated rings. The molecule has 0 aliphatic carbocycles. The lowest BCUT2D eigenvalue weighted by molar-refractivity contribution is 0.474. The van der Waals surface area contributed by atoms with Crippen molar-refractivity contribution in [3.05, 3.63) is 56.6 Å². The Morgan fingerprint density at radius 2 is 1.89 bits per heavy atom. The monoisotopic (exact) mass is 387 g/mol. The maximum atomic E-state index is 6.03. The number of ether oxygens (including phenoxy) is 1. The average Bonchev–Trinajstić information content (AvgIpc) is 2.35. The van der Waals surface area contributed by atoms with Crippen LogP contribution in [0.3, 0.4) is 0 Å². The minimum absolute atomic E-state index is 0.0836. The lowest BCUT2D eigenvalue weighted by Gasteiger charge is -2.13. The first-order valence-electron chi connectivity index (χ1n) is 6.02. The lowest BCUT2D eigenvalue weighted by Crippen LogP contribution is -2.18. The third-order valence-corrected chi connectivity index (χ3v) is 3.57. The summed E-state index contributed by atoms with van der Waals surface area (Å²) >= 11 is 8.29. The molecule has 0 aromatic heterocycles. The molecule has 2 nitrogen and oxygen atoms in total. The van der Waals surface area contributed by atoms with Gasteiger partial charge in [0.15, 0.2) is 0 Å². The average molecular weight is 388 g/mol. The molecular formula is C15H15ClINO. The Morgan fingerprint density at radius 3 is 2.53 bits per heavy atom. The van der Waals surface area contributed by atoms with Gasteiger partial charge in [0.1, 0.15) is 11.5 Å². The molecule has 0 spiro atoms. The van der Waals surface area contributed by atoms with Gasteiger partial charge in [0.2, 0.25) is 0 Å². The zero-order valence-electron chi connectivity index (χ0n) is 10.6. The summed E-state index contributed by atoms with van der Waals surface area (Å²) < 4.78 is 7.08. The van der Waals surface area contributed by atoms with Gasteiger partial charge in [-0.2, -0.15) is 0 Å². The molecule has 100 valence electrons. The zero-order valence-corrected chi connectivity index (χ0v) is 13.5. The Kier molecular flexibility index (Phi) is 5.07. The third kappa shape index (κ3) is 4.37. The first-order chi connectivity index (χ1) is 9.04. The Labute approximate surface area is 132 Å². The molecular weight excluding hydrogens is 373 g/mol. The van der Waals surface area contributed by atoms with Crippen LogP contribution in [-0.4, -0.2) is 6.04 Å². The molecule has 0 bridgehead atoms. The normalized spacial score (nSPS) is 12.2. The van der Waals surface area contributed by atoms with Gasteiger partial charge in [0.05, 0.1) is 0 Å². The van der Waals surface area contributed by atoms with Crippen molar-refractivity contribution in [2.45, 2.75) is 19.4 Å². The lowest BCUT2D eigenvalue weighted by atomic mass is 10.1. The molecule has 1 unspecified atom stereocenters. The van der Waals surface area contributed by atoms with Crippen molar-refractivity contribution in [2.24, 2.45) is 5.73 Å². The number of rotatable bonds is 4. The van der Waals surface area contributed by atoms with Crippen LogP contribution in [0.15, 0.2) is 42.5 Å². The fourth-order valence-corrected chi connectivity index (χ4v) is 2.29. The Balaban J connectivity index is 2.27. The van der Waals surface area contributed by atoms with Gasteiger partial charge < -0.3 is 10.5 Å². The predicted molar refractivity (Wildman–Crippen MR) is 88.0 cm³/mol. The maximum absolute atomic E-state index is 6.03. The molecule has 0 aliphatic rings. The van der Waals surface area contributed by atoms with E-state index < -0.39 is 0 Å². The van der Waals surface area contributed by atoms with Crippen LogP contribution in [0.1, 0.15) is 12.5 Å². The second-order valence-electron chi connectivity index (χ2n) is 4.49. The van der Waals surface area contributed by atoms with E-state index in [9.17, 15) is 0 Å². The largest absolute Gasteiger partial charge is 0.457 e. The molecule has 2 aromatic carbocycles. The number of halogens is 2. The van der Waals surface area contributed by atoms with Crippen molar-refractivity contribution in [3.63, 3.8) is 0 Å². The summed E-state index contributed by atoms with van der Waals surface area (Å²) in [4.78, 5) is 0. The van der Waals surface area contributed by atoms with E-state index >= 15 is 0 Å². The molecule has 0 amide bonds. The molecule has 2 N–H and O–H groups in total. The van der Waals surface area contributed by atoms with Crippen molar-refractivity contribution in [2.75, 3.05) is 0 Å². The molecule has 19 heavy (non-hydrogen) atoms. The second-order valence-corrected chi connectivity index (χ2v) is 6.17. The molecule has 2 aromatic rings. The fraction of sp³-hybridized carbons (Fsp3) is 0.200. The highest BCUT2D eigenvalue weighted by Crippen LogP contribution is 2.29. The van der Waals surface area contributed by atoms with Gasteiger partial charge in [-0.05, 0) is 77.9 Å². The molecule has 1 atom stereocenters. The maximum Gasteiger partial charge on any atom is 0.132 e. The quantitative estimate of drug-likeness (QED) is 0.777. The second kappa shape index (κ2) is 6.59. The Bertz CT molecular complexity index is 555. The van der Waals surface area contributed by atoms with Crippen molar-refractivity contribution >= 4 is 34.2 Å². The summed E-state index contributed by atoms with van der Waals surface area (Å²) in [5, 5.41) is 0.661. The minimum atomic E-state index is 0.0836. The first-order valence-corrected chi connectivity index (χ1v) is 7.47. The molecule has 0 radical (unpaired) electrons. The Hall–Kier alpha value is -0.780. The smallest absolute Gasteiger partial charge is 0.132 e. The summed E-state index contributed by atoms with van der Waals surface area (Å²) in [5.74, 6) is 1.57. The SMILES string of the molecule is CC(N)Cc1ccc(Cl)cc1Oc1ccc(I)cc1. The summed E-state index contributed by atoms with van der Waals surface area (Å²) in [6, 6.07) is 13.6. The van der Waals surface area contributed by atoms with Crippen LogP contribution < -0.4 is 10.5 Å². The summed E-state index contributed by atoms with van der Waals surface area (Å²) in [7, 11) is 0. The highest BCUT2D eigenvalue weighted by atomic mass is 127. The van der Waals surface area contributed by atoms with Gasteiger partial charge in [0, 0.05) is 14.6 Å². The first kappa shape index (κ1) is 14.6. The number of benzene rings is 2. The molecule has 0 aliphatic heterocycles. The minimum Gasteiger partial charge on any atom is -0.457 e. The summed E-state index contributed by atoms with van der Waals surface area (Å²) in [5.41, 5.74) is 6.92. The standard InChI is InChI=1S/C15H15ClINO/c1-10(18)8-11-2-3-12(16)9-15(11)19-14-6-4-13(17)5-7-14/h2-7,9-10H,8,18H2,1H3. The van der Waals surface area contributed by atoms with E-state index in [0.717, 1.165) is 23.5 Å². The van der Waals surface area contributed by atoms with E-state index in [0.29, 0.717) is 5.02 Å². The van der Waals surface area contributed by atoms with Gasteiger partial charge in [-0.1, -0.05) is 17.7 Å². The van der Waals surface area contributed by atoms with Gasteiger partial charge in [-0.15, -0.1) is 0 Å².